The first-order valence-corrected chi connectivity index (χ1v) is 8.42. The Labute approximate surface area is 135 Å². The van der Waals surface area contributed by atoms with E-state index in [1.165, 1.54) is 19.3 Å². The minimum absolute atomic E-state index is 0.210. The predicted molar refractivity (Wildman–Crippen MR) is 85.5 cm³/mol. The number of fused-ring (bicyclic) bond motifs is 1. The number of anilines is 1. The van der Waals surface area contributed by atoms with Crippen LogP contribution in [0.25, 0.3) is 0 Å². The van der Waals surface area contributed by atoms with Crippen molar-refractivity contribution in [1.82, 2.24) is 24.7 Å². The number of hydrogen-bond acceptors (Lipinski definition) is 6. The summed E-state index contributed by atoms with van der Waals surface area (Å²) in [5.41, 5.74) is 0. The lowest BCUT2D eigenvalue weighted by Crippen LogP contribution is -2.27. The summed E-state index contributed by atoms with van der Waals surface area (Å²) in [6, 6.07) is 1.99. The molecule has 0 bridgehead atoms. The molecule has 0 spiro atoms. The van der Waals surface area contributed by atoms with Crippen LogP contribution in [0.1, 0.15) is 49.8 Å². The zero-order chi connectivity index (χ0) is 15.6. The Kier molecular flexibility index (Phi) is 3.85. The van der Waals surface area contributed by atoms with Crippen molar-refractivity contribution in [3.05, 3.63) is 23.9 Å². The molecule has 0 unspecified atom stereocenters. The Morgan fingerprint density at radius 1 is 1.13 bits per heavy atom. The third kappa shape index (κ3) is 2.64. The summed E-state index contributed by atoms with van der Waals surface area (Å²) in [6.07, 6.45) is 8.67. The maximum atomic E-state index is 5.24. The van der Waals surface area contributed by atoms with Crippen LogP contribution in [0.2, 0.25) is 0 Å². The number of methoxy groups -OCH3 is 1. The van der Waals surface area contributed by atoms with Gasteiger partial charge in [0, 0.05) is 31.8 Å². The maximum Gasteiger partial charge on any atom is 0.229 e. The zero-order valence-corrected chi connectivity index (χ0v) is 13.5. The molecule has 1 fully saturated rings. The van der Waals surface area contributed by atoms with Crippen LogP contribution in [0, 0.1) is 0 Å². The van der Waals surface area contributed by atoms with E-state index in [1.54, 1.807) is 19.4 Å². The van der Waals surface area contributed by atoms with Crippen molar-refractivity contribution in [2.75, 3.05) is 18.6 Å². The first-order valence-electron chi connectivity index (χ1n) is 8.42. The van der Waals surface area contributed by atoms with Gasteiger partial charge in [-0.15, -0.1) is 10.2 Å². The third-order valence-electron chi connectivity index (χ3n) is 4.77. The van der Waals surface area contributed by atoms with Crippen LogP contribution in [0.5, 0.6) is 5.88 Å². The van der Waals surface area contributed by atoms with Crippen molar-refractivity contribution in [3.63, 3.8) is 0 Å². The molecule has 4 heterocycles. The summed E-state index contributed by atoms with van der Waals surface area (Å²) >= 11 is 0. The molecule has 1 atom stereocenters. The molecule has 23 heavy (non-hydrogen) atoms. The van der Waals surface area contributed by atoms with Crippen LogP contribution in [-0.2, 0) is 13.0 Å². The molecule has 0 N–H and O–H groups in total. The topological polar surface area (TPSA) is 69.0 Å². The fourth-order valence-corrected chi connectivity index (χ4v) is 3.61. The Bertz CT molecular complexity index is 685. The van der Waals surface area contributed by atoms with Crippen molar-refractivity contribution in [2.24, 2.45) is 0 Å². The quantitative estimate of drug-likeness (QED) is 0.864. The molecule has 0 aromatic carbocycles. The van der Waals surface area contributed by atoms with Crippen molar-refractivity contribution >= 4 is 5.95 Å². The van der Waals surface area contributed by atoms with Gasteiger partial charge in [0.25, 0.3) is 0 Å². The second-order valence-corrected chi connectivity index (χ2v) is 6.19. The minimum Gasteiger partial charge on any atom is -0.481 e. The molecule has 1 saturated heterocycles. The van der Waals surface area contributed by atoms with Crippen LogP contribution in [0.4, 0.5) is 5.95 Å². The highest BCUT2D eigenvalue weighted by molar-refractivity contribution is 5.37. The molecule has 0 aliphatic carbocycles. The van der Waals surface area contributed by atoms with Gasteiger partial charge in [0.05, 0.1) is 13.2 Å². The van der Waals surface area contributed by atoms with Crippen LogP contribution in [-0.4, -0.2) is 38.4 Å². The molecule has 2 aromatic rings. The van der Waals surface area contributed by atoms with Gasteiger partial charge in [-0.2, -0.15) is 4.98 Å². The van der Waals surface area contributed by atoms with E-state index in [9.17, 15) is 0 Å². The van der Waals surface area contributed by atoms with Crippen molar-refractivity contribution in [3.8, 4) is 5.88 Å². The monoisotopic (exact) mass is 314 g/mol. The van der Waals surface area contributed by atoms with Gasteiger partial charge in [0.15, 0.2) is 5.82 Å². The molecule has 0 radical (unpaired) electrons. The number of ether oxygens (including phenoxy) is 1. The molecule has 0 amide bonds. The second-order valence-electron chi connectivity index (χ2n) is 6.19. The van der Waals surface area contributed by atoms with E-state index in [-0.39, 0.29) is 6.04 Å². The summed E-state index contributed by atoms with van der Waals surface area (Å²) in [7, 11) is 1.63. The van der Waals surface area contributed by atoms with E-state index < -0.39 is 0 Å². The lowest BCUT2D eigenvalue weighted by Gasteiger charge is -2.24. The summed E-state index contributed by atoms with van der Waals surface area (Å²) in [6.45, 7) is 1.97. The largest absolute Gasteiger partial charge is 0.481 e. The van der Waals surface area contributed by atoms with Gasteiger partial charge in [-0.1, -0.05) is 6.42 Å². The Hall–Kier alpha value is -2.18. The first kappa shape index (κ1) is 14.4. The standard InChI is InChI=1S/C16H22N6O/c1-23-14-8-9-17-16(18-14)21-11-5-6-12(21)15-20-19-13-7-3-2-4-10-22(13)15/h8-9,12H,2-7,10-11H2,1H3/t12-/m1/s1. The number of rotatable bonds is 3. The highest BCUT2D eigenvalue weighted by Crippen LogP contribution is 2.34. The van der Waals surface area contributed by atoms with Crippen LogP contribution < -0.4 is 9.64 Å². The van der Waals surface area contributed by atoms with E-state index in [0.717, 1.165) is 49.9 Å². The van der Waals surface area contributed by atoms with E-state index in [1.807, 2.05) is 0 Å². The number of hydrogen-bond donors (Lipinski definition) is 0. The van der Waals surface area contributed by atoms with E-state index in [2.05, 4.69) is 29.6 Å². The molecular weight excluding hydrogens is 292 g/mol. The molecule has 2 aliphatic rings. The number of nitrogens with zero attached hydrogens (tertiary/aromatic N) is 6. The van der Waals surface area contributed by atoms with Gasteiger partial charge in [-0.25, -0.2) is 4.98 Å². The van der Waals surface area contributed by atoms with Crippen LogP contribution in [0.3, 0.4) is 0 Å². The second kappa shape index (κ2) is 6.14. The smallest absolute Gasteiger partial charge is 0.229 e. The Morgan fingerprint density at radius 2 is 2.09 bits per heavy atom. The summed E-state index contributed by atoms with van der Waals surface area (Å²) in [5.74, 6) is 3.53. The van der Waals surface area contributed by atoms with Crippen molar-refractivity contribution < 1.29 is 4.74 Å². The zero-order valence-electron chi connectivity index (χ0n) is 13.5. The summed E-state index contributed by atoms with van der Waals surface area (Å²) in [4.78, 5) is 11.2. The minimum atomic E-state index is 0.210. The molecule has 0 saturated carbocycles. The lowest BCUT2D eigenvalue weighted by atomic mass is 10.2. The Morgan fingerprint density at radius 3 is 3.00 bits per heavy atom. The van der Waals surface area contributed by atoms with Crippen molar-refractivity contribution in [2.45, 2.75) is 51.1 Å². The summed E-state index contributed by atoms with van der Waals surface area (Å²) < 4.78 is 7.57. The molecule has 2 aromatic heterocycles. The average Bonchev–Trinajstić information content (AvgIpc) is 3.16. The lowest BCUT2D eigenvalue weighted by molar-refractivity contribution is 0.396. The average molecular weight is 314 g/mol. The Balaban J connectivity index is 1.67. The molecule has 122 valence electrons. The van der Waals surface area contributed by atoms with Gasteiger partial charge in [-0.05, 0) is 25.7 Å². The van der Waals surface area contributed by atoms with Gasteiger partial charge in [0.1, 0.15) is 5.82 Å². The van der Waals surface area contributed by atoms with Crippen LogP contribution >= 0.6 is 0 Å². The van der Waals surface area contributed by atoms with Gasteiger partial charge < -0.3 is 14.2 Å². The highest BCUT2D eigenvalue weighted by atomic mass is 16.5. The van der Waals surface area contributed by atoms with E-state index in [4.69, 9.17) is 4.74 Å². The fourth-order valence-electron chi connectivity index (χ4n) is 3.61. The summed E-state index contributed by atoms with van der Waals surface area (Å²) in [5, 5.41) is 8.97. The molecule has 7 heteroatoms. The normalized spacial score (nSPS) is 21.1. The van der Waals surface area contributed by atoms with E-state index >= 15 is 0 Å². The molecule has 7 nitrogen and oxygen atoms in total. The van der Waals surface area contributed by atoms with Gasteiger partial charge in [-0.3, -0.25) is 0 Å². The number of aryl methyl sites for hydroxylation is 1. The van der Waals surface area contributed by atoms with Crippen molar-refractivity contribution in [1.29, 1.82) is 0 Å². The third-order valence-corrected chi connectivity index (χ3v) is 4.77. The fraction of sp³-hybridized carbons (Fsp3) is 0.625. The van der Waals surface area contributed by atoms with E-state index in [0.29, 0.717) is 5.88 Å². The van der Waals surface area contributed by atoms with Crippen LogP contribution in [0.15, 0.2) is 12.3 Å². The maximum absolute atomic E-state index is 5.24. The highest BCUT2D eigenvalue weighted by Gasteiger charge is 2.33. The first-order chi connectivity index (χ1) is 11.4. The number of aromatic nitrogens is 5. The van der Waals surface area contributed by atoms with Gasteiger partial charge >= 0.3 is 0 Å². The SMILES string of the molecule is COc1ccnc(N2CCC[C@@H]2c2nnc3n2CCCCC3)n1. The predicted octanol–water partition coefficient (Wildman–Crippen LogP) is 2.14. The molecular formula is C16H22N6O. The molecule has 2 aliphatic heterocycles. The molecule has 4 rings (SSSR count). The van der Waals surface area contributed by atoms with Gasteiger partial charge in [0.2, 0.25) is 11.8 Å².